The first kappa shape index (κ1) is 12.3. The van der Waals surface area contributed by atoms with Crippen LogP contribution in [0, 0.1) is 0 Å². The fourth-order valence-corrected chi connectivity index (χ4v) is 1.16. The van der Waals surface area contributed by atoms with Gasteiger partial charge in [0.1, 0.15) is 12.4 Å². The summed E-state index contributed by atoms with van der Waals surface area (Å²) in [5.41, 5.74) is 0.233. The summed E-state index contributed by atoms with van der Waals surface area (Å²) in [6, 6.07) is 6.44. The van der Waals surface area contributed by atoms with E-state index in [1.54, 1.807) is 18.2 Å². The predicted molar refractivity (Wildman–Crippen MR) is 62.0 cm³/mol. The topological polar surface area (TPSA) is 58.6 Å². The molecule has 1 aromatic rings. The molecule has 0 bridgehead atoms. The van der Waals surface area contributed by atoms with E-state index in [1.165, 1.54) is 12.1 Å². The fourth-order valence-electron chi connectivity index (χ4n) is 1.16. The molecule has 1 rings (SSSR count). The summed E-state index contributed by atoms with van der Waals surface area (Å²) < 4.78 is 5.38. The van der Waals surface area contributed by atoms with Gasteiger partial charge in [-0.15, -0.1) is 6.58 Å². The molecule has 0 saturated carbocycles. The van der Waals surface area contributed by atoms with Gasteiger partial charge in [-0.2, -0.15) is 0 Å². The van der Waals surface area contributed by atoms with Gasteiger partial charge < -0.3 is 15.2 Å². The van der Waals surface area contributed by atoms with Gasteiger partial charge in [0, 0.05) is 13.1 Å². The average molecular weight is 221 g/mol. The van der Waals surface area contributed by atoms with Gasteiger partial charge >= 0.3 is 5.97 Å². The number of rotatable bonds is 7. The smallest absolute Gasteiger partial charge is 0.335 e. The lowest BCUT2D eigenvalue weighted by molar-refractivity contribution is 0.0696. The van der Waals surface area contributed by atoms with Crippen LogP contribution >= 0.6 is 0 Å². The van der Waals surface area contributed by atoms with Gasteiger partial charge in [-0.3, -0.25) is 0 Å². The normalized spacial score (nSPS) is 9.75. The number of carboxylic acids is 1. The van der Waals surface area contributed by atoms with E-state index in [-0.39, 0.29) is 5.56 Å². The third kappa shape index (κ3) is 4.14. The Balaban J connectivity index is 2.39. The van der Waals surface area contributed by atoms with Crippen LogP contribution in [-0.2, 0) is 0 Å². The Morgan fingerprint density at radius 2 is 2.38 bits per heavy atom. The van der Waals surface area contributed by atoms with Crippen molar-refractivity contribution in [3.8, 4) is 5.75 Å². The van der Waals surface area contributed by atoms with Crippen molar-refractivity contribution in [3.05, 3.63) is 42.5 Å². The average Bonchev–Trinajstić information content (AvgIpc) is 2.29. The maximum absolute atomic E-state index is 10.7. The van der Waals surface area contributed by atoms with E-state index >= 15 is 0 Å². The Morgan fingerprint density at radius 1 is 1.56 bits per heavy atom. The Morgan fingerprint density at radius 3 is 3.06 bits per heavy atom. The van der Waals surface area contributed by atoms with Crippen LogP contribution in [0.15, 0.2) is 36.9 Å². The van der Waals surface area contributed by atoms with Crippen LogP contribution in [0.25, 0.3) is 0 Å². The van der Waals surface area contributed by atoms with Crippen molar-refractivity contribution in [1.82, 2.24) is 5.32 Å². The Hall–Kier alpha value is -1.81. The zero-order valence-corrected chi connectivity index (χ0v) is 8.98. The van der Waals surface area contributed by atoms with E-state index < -0.39 is 5.97 Å². The number of carbonyl (C=O) groups is 1. The lowest BCUT2D eigenvalue weighted by Gasteiger charge is -2.06. The van der Waals surface area contributed by atoms with Crippen molar-refractivity contribution in [3.63, 3.8) is 0 Å². The molecule has 0 aliphatic carbocycles. The van der Waals surface area contributed by atoms with Crippen LogP contribution in [0.3, 0.4) is 0 Å². The molecule has 4 heteroatoms. The van der Waals surface area contributed by atoms with E-state index in [0.29, 0.717) is 18.9 Å². The molecule has 16 heavy (non-hydrogen) atoms. The van der Waals surface area contributed by atoms with Crippen molar-refractivity contribution in [2.45, 2.75) is 0 Å². The highest BCUT2D eigenvalue weighted by molar-refractivity contribution is 5.87. The van der Waals surface area contributed by atoms with Crippen LogP contribution < -0.4 is 10.1 Å². The molecule has 1 aromatic carbocycles. The lowest BCUT2D eigenvalue weighted by Crippen LogP contribution is -2.20. The van der Waals surface area contributed by atoms with E-state index in [4.69, 9.17) is 9.84 Å². The molecule has 0 aliphatic heterocycles. The van der Waals surface area contributed by atoms with E-state index in [9.17, 15) is 4.79 Å². The minimum Gasteiger partial charge on any atom is -0.492 e. The SMILES string of the molecule is C=CCNCCOc1cccc(C(=O)O)c1. The van der Waals surface area contributed by atoms with Crippen LogP contribution in [0.2, 0.25) is 0 Å². The second-order valence-electron chi connectivity index (χ2n) is 3.17. The molecule has 4 nitrogen and oxygen atoms in total. The maximum atomic E-state index is 10.7. The monoisotopic (exact) mass is 221 g/mol. The molecule has 0 radical (unpaired) electrons. The first-order valence-corrected chi connectivity index (χ1v) is 5.02. The molecule has 0 unspecified atom stereocenters. The van der Waals surface area contributed by atoms with Crippen molar-refractivity contribution in [2.24, 2.45) is 0 Å². The van der Waals surface area contributed by atoms with E-state index in [2.05, 4.69) is 11.9 Å². The number of hydrogen-bond acceptors (Lipinski definition) is 3. The van der Waals surface area contributed by atoms with Crippen molar-refractivity contribution >= 4 is 5.97 Å². The summed E-state index contributed by atoms with van der Waals surface area (Å²) in [6.45, 7) is 5.51. The number of nitrogens with one attached hydrogen (secondary N) is 1. The molecule has 0 amide bonds. The maximum Gasteiger partial charge on any atom is 0.335 e. The minimum absolute atomic E-state index is 0.233. The molecule has 0 heterocycles. The zero-order chi connectivity index (χ0) is 11.8. The molecule has 0 aliphatic rings. The minimum atomic E-state index is -0.949. The molecular formula is C12H15NO3. The molecule has 2 N–H and O–H groups in total. The molecule has 86 valence electrons. The highest BCUT2D eigenvalue weighted by atomic mass is 16.5. The molecule has 0 saturated heterocycles. The third-order valence-electron chi connectivity index (χ3n) is 1.92. The quantitative estimate of drug-likeness (QED) is 0.541. The number of aromatic carboxylic acids is 1. The zero-order valence-electron chi connectivity index (χ0n) is 8.98. The highest BCUT2D eigenvalue weighted by Gasteiger charge is 2.03. The molecule has 0 fully saturated rings. The van der Waals surface area contributed by atoms with Gasteiger partial charge in [0.05, 0.1) is 5.56 Å². The Kier molecular flexibility index (Phi) is 5.08. The van der Waals surface area contributed by atoms with Crippen LogP contribution in [-0.4, -0.2) is 30.8 Å². The van der Waals surface area contributed by atoms with Crippen molar-refractivity contribution in [1.29, 1.82) is 0 Å². The summed E-state index contributed by atoms with van der Waals surface area (Å²) in [5.74, 6) is -0.379. The molecule has 0 spiro atoms. The second-order valence-corrected chi connectivity index (χ2v) is 3.17. The molecule has 0 aromatic heterocycles. The van der Waals surface area contributed by atoms with Gasteiger partial charge in [-0.25, -0.2) is 4.79 Å². The first-order chi connectivity index (χ1) is 7.74. The van der Waals surface area contributed by atoms with Gasteiger partial charge in [0.15, 0.2) is 0 Å². The molecule has 0 atom stereocenters. The van der Waals surface area contributed by atoms with E-state index in [1.807, 2.05) is 0 Å². The number of carboxylic acid groups (broad SMARTS) is 1. The summed E-state index contributed by atoms with van der Waals surface area (Å²) in [7, 11) is 0. The Labute approximate surface area is 94.6 Å². The Bertz CT molecular complexity index is 363. The summed E-state index contributed by atoms with van der Waals surface area (Å²) in [6.07, 6.45) is 1.77. The third-order valence-corrected chi connectivity index (χ3v) is 1.92. The summed E-state index contributed by atoms with van der Waals surface area (Å²) in [5, 5.41) is 11.9. The molecular weight excluding hydrogens is 206 g/mol. The number of hydrogen-bond donors (Lipinski definition) is 2. The highest BCUT2D eigenvalue weighted by Crippen LogP contribution is 2.12. The van der Waals surface area contributed by atoms with Crippen molar-refractivity contribution < 1.29 is 14.6 Å². The second kappa shape index (κ2) is 6.63. The summed E-state index contributed by atoms with van der Waals surface area (Å²) in [4.78, 5) is 10.7. The van der Waals surface area contributed by atoms with Crippen LogP contribution in [0.5, 0.6) is 5.75 Å². The fraction of sp³-hybridized carbons (Fsp3) is 0.250. The summed E-state index contributed by atoms with van der Waals surface area (Å²) >= 11 is 0. The lowest BCUT2D eigenvalue weighted by atomic mass is 10.2. The predicted octanol–water partition coefficient (Wildman–Crippen LogP) is 1.54. The van der Waals surface area contributed by atoms with Gasteiger partial charge in [-0.05, 0) is 18.2 Å². The van der Waals surface area contributed by atoms with Crippen LogP contribution in [0.1, 0.15) is 10.4 Å². The first-order valence-electron chi connectivity index (χ1n) is 5.02. The van der Waals surface area contributed by atoms with Gasteiger partial charge in [-0.1, -0.05) is 12.1 Å². The number of ether oxygens (including phenoxy) is 1. The standard InChI is InChI=1S/C12H15NO3/c1-2-6-13-7-8-16-11-5-3-4-10(9-11)12(14)15/h2-5,9,13H,1,6-8H2,(H,14,15). The van der Waals surface area contributed by atoms with Gasteiger partial charge in [0.25, 0.3) is 0 Å². The number of benzene rings is 1. The van der Waals surface area contributed by atoms with Crippen molar-refractivity contribution in [2.75, 3.05) is 19.7 Å². The van der Waals surface area contributed by atoms with E-state index in [0.717, 1.165) is 6.54 Å². The van der Waals surface area contributed by atoms with Gasteiger partial charge in [0.2, 0.25) is 0 Å². The largest absolute Gasteiger partial charge is 0.492 e. The van der Waals surface area contributed by atoms with Crippen LogP contribution in [0.4, 0.5) is 0 Å².